The second-order valence-corrected chi connectivity index (χ2v) is 6.14. The Hall–Kier alpha value is -3.91. The highest BCUT2D eigenvalue weighted by Crippen LogP contribution is 2.19. The average molecular weight is 370 g/mol. The number of nitrogens with zero attached hydrogens (tertiary/aromatic N) is 1. The van der Waals surface area contributed by atoms with E-state index in [1.807, 2.05) is 60.7 Å². The fraction of sp³-hybridized carbons (Fsp3) is 0.0870. The Kier molecular flexibility index (Phi) is 6.17. The minimum absolute atomic E-state index is 0.0896. The molecule has 0 aromatic heterocycles. The normalized spacial score (nSPS) is 9.96. The monoisotopic (exact) mass is 370 g/mol. The van der Waals surface area contributed by atoms with E-state index in [4.69, 9.17) is 10.00 Å². The van der Waals surface area contributed by atoms with Crippen LogP contribution in [0.25, 0.3) is 11.1 Å². The lowest BCUT2D eigenvalue weighted by molar-refractivity contribution is -0.146. The summed E-state index contributed by atoms with van der Waals surface area (Å²) in [6, 6.07) is 26.1. The molecule has 0 saturated carbocycles. The molecule has 0 heterocycles. The van der Waals surface area contributed by atoms with Gasteiger partial charge in [-0.1, -0.05) is 60.7 Å². The Morgan fingerprint density at radius 3 is 2.32 bits per heavy atom. The van der Waals surface area contributed by atoms with Gasteiger partial charge in [0.2, 0.25) is 0 Å². The van der Waals surface area contributed by atoms with Crippen molar-refractivity contribution in [1.29, 1.82) is 5.26 Å². The van der Waals surface area contributed by atoms with Crippen LogP contribution in [0.15, 0.2) is 78.9 Å². The number of hydrogen-bond acceptors (Lipinski definition) is 4. The van der Waals surface area contributed by atoms with Gasteiger partial charge in [0.1, 0.15) is 0 Å². The van der Waals surface area contributed by atoms with Crippen LogP contribution in [-0.2, 0) is 20.7 Å². The lowest BCUT2D eigenvalue weighted by Gasteiger charge is -2.07. The van der Waals surface area contributed by atoms with Crippen molar-refractivity contribution < 1.29 is 14.3 Å². The summed E-state index contributed by atoms with van der Waals surface area (Å²) in [4.78, 5) is 23.9. The molecule has 0 aliphatic heterocycles. The van der Waals surface area contributed by atoms with Gasteiger partial charge in [0.15, 0.2) is 6.61 Å². The van der Waals surface area contributed by atoms with Gasteiger partial charge in [0.05, 0.1) is 18.1 Å². The molecule has 5 heteroatoms. The summed E-state index contributed by atoms with van der Waals surface area (Å²) in [7, 11) is 0. The number of benzene rings is 3. The zero-order valence-corrected chi connectivity index (χ0v) is 15.1. The number of esters is 1. The maximum Gasteiger partial charge on any atom is 0.310 e. The summed E-state index contributed by atoms with van der Waals surface area (Å²) in [6.07, 6.45) is 0.0896. The van der Waals surface area contributed by atoms with E-state index >= 15 is 0 Å². The van der Waals surface area contributed by atoms with Crippen LogP contribution in [0.3, 0.4) is 0 Å². The van der Waals surface area contributed by atoms with Gasteiger partial charge in [-0.3, -0.25) is 9.59 Å². The van der Waals surface area contributed by atoms with Gasteiger partial charge in [0, 0.05) is 5.69 Å². The van der Waals surface area contributed by atoms with Crippen LogP contribution in [0.4, 0.5) is 5.69 Å². The van der Waals surface area contributed by atoms with E-state index < -0.39 is 11.9 Å². The number of carbonyl (C=O) groups excluding carboxylic acids is 2. The van der Waals surface area contributed by atoms with E-state index in [1.165, 1.54) is 0 Å². The third-order valence-electron chi connectivity index (χ3n) is 4.05. The highest BCUT2D eigenvalue weighted by Gasteiger charge is 2.09. The van der Waals surface area contributed by atoms with E-state index in [-0.39, 0.29) is 13.0 Å². The first-order valence-electron chi connectivity index (χ1n) is 8.74. The predicted molar refractivity (Wildman–Crippen MR) is 106 cm³/mol. The van der Waals surface area contributed by atoms with Crippen LogP contribution in [0.2, 0.25) is 0 Å². The first-order chi connectivity index (χ1) is 13.6. The molecule has 138 valence electrons. The number of hydrogen-bond donors (Lipinski definition) is 1. The van der Waals surface area contributed by atoms with Gasteiger partial charge in [-0.15, -0.1) is 0 Å². The Bertz CT molecular complexity index is 1010. The predicted octanol–water partition coefficient (Wildman–Crippen LogP) is 3.95. The Labute approximate surface area is 163 Å². The molecule has 0 atom stereocenters. The molecule has 0 spiro atoms. The molecule has 5 nitrogen and oxygen atoms in total. The van der Waals surface area contributed by atoms with Gasteiger partial charge in [-0.25, -0.2) is 0 Å². The highest BCUT2D eigenvalue weighted by molar-refractivity contribution is 5.93. The Morgan fingerprint density at radius 2 is 1.61 bits per heavy atom. The van der Waals surface area contributed by atoms with Crippen molar-refractivity contribution in [1.82, 2.24) is 0 Å². The van der Waals surface area contributed by atoms with Crippen LogP contribution in [0.5, 0.6) is 0 Å². The number of rotatable bonds is 6. The number of carbonyl (C=O) groups is 2. The fourth-order valence-corrected chi connectivity index (χ4v) is 2.67. The molecular weight excluding hydrogens is 352 g/mol. The SMILES string of the molecule is N#Cc1cccc(NC(=O)COC(=O)Cc2ccc(-c3ccccc3)cc2)c1. The second kappa shape index (κ2) is 9.15. The smallest absolute Gasteiger partial charge is 0.310 e. The maximum absolute atomic E-state index is 12.0. The van der Waals surface area contributed by atoms with Crippen molar-refractivity contribution in [2.24, 2.45) is 0 Å². The molecule has 0 saturated heterocycles. The lowest BCUT2D eigenvalue weighted by atomic mass is 10.0. The van der Waals surface area contributed by atoms with Crippen LogP contribution >= 0.6 is 0 Å². The Morgan fingerprint density at radius 1 is 0.893 bits per heavy atom. The van der Waals surface area contributed by atoms with Gasteiger partial charge < -0.3 is 10.1 Å². The van der Waals surface area contributed by atoms with E-state index in [2.05, 4.69) is 5.32 Å². The summed E-state index contributed by atoms with van der Waals surface area (Å²) in [5.74, 6) is -0.934. The van der Waals surface area contributed by atoms with Crippen LogP contribution in [-0.4, -0.2) is 18.5 Å². The minimum atomic E-state index is -0.478. The average Bonchev–Trinajstić information content (AvgIpc) is 2.73. The van der Waals surface area contributed by atoms with E-state index in [0.717, 1.165) is 16.7 Å². The molecule has 0 unspecified atom stereocenters. The molecule has 3 aromatic rings. The minimum Gasteiger partial charge on any atom is -0.455 e. The largest absolute Gasteiger partial charge is 0.455 e. The van der Waals surface area contributed by atoms with Gasteiger partial charge in [-0.2, -0.15) is 5.26 Å². The van der Waals surface area contributed by atoms with E-state index in [0.29, 0.717) is 11.3 Å². The molecule has 0 aliphatic carbocycles. The standard InChI is InChI=1S/C23H18N2O3/c24-15-18-5-4-8-21(13-18)25-22(26)16-28-23(27)14-17-9-11-20(12-10-17)19-6-2-1-3-7-19/h1-13H,14,16H2,(H,25,26). The van der Waals surface area contributed by atoms with Crippen molar-refractivity contribution in [3.05, 3.63) is 90.0 Å². The number of nitrogens with one attached hydrogen (secondary N) is 1. The first-order valence-corrected chi connectivity index (χ1v) is 8.74. The van der Waals surface area contributed by atoms with Crippen molar-refractivity contribution in [2.75, 3.05) is 11.9 Å². The zero-order chi connectivity index (χ0) is 19.8. The van der Waals surface area contributed by atoms with Crippen molar-refractivity contribution in [3.8, 4) is 17.2 Å². The molecule has 1 N–H and O–H groups in total. The fourth-order valence-electron chi connectivity index (χ4n) is 2.67. The maximum atomic E-state index is 12.0. The lowest BCUT2D eigenvalue weighted by Crippen LogP contribution is -2.21. The number of ether oxygens (including phenoxy) is 1. The molecule has 0 radical (unpaired) electrons. The molecule has 0 aliphatic rings. The summed E-state index contributed by atoms with van der Waals surface area (Å²) in [5, 5.41) is 11.5. The molecule has 1 amide bonds. The molecule has 3 rings (SSSR count). The summed E-state index contributed by atoms with van der Waals surface area (Å²) < 4.78 is 5.04. The van der Waals surface area contributed by atoms with E-state index in [1.54, 1.807) is 24.3 Å². The van der Waals surface area contributed by atoms with Crippen LogP contribution < -0.4 is 5.32 Å². The van der Waals surface area contributed by atoms with Gasteiger partial charge in [-0.05, 0) is 34.9 Å². The first kappa shape index (κ1) is 18.9. The van der Waals surface area contributed by atoms with Gasteiger partial charge in [0.25, 0.3) is 5.91 Å². The molecule has 0 bridgehead atoms. The van der Waals surface area contributed by atoms with Crippen molar-refractivity contribution >= 4 is 17.6 Å². The third kappa shape index (κ3) is 5.29. The number of anilines is 1. The third-order valence-corrected chi connectivity index (χ3v) is 4.05. The van der Waals surface area contributed by atoms with Crippen LogP contribution in [0, 0.1) is 11.3 Å². The number of amides is 1. The quantitative estimate of drug-likeness (QED) is 0.667. The Balaban J connectivity index is 1.48. The summed E-state index contributed by atoms with van der Waals surface area (Å²) in [5.41, 5.74) is 3.91. The number of nitriles is 1. The van der Waals surface area contributed by atoms with Crippen molar-refractivity contribution in [2.45, 2.75) is 6.42 Å². The molecule has 0 fully saturated rings. The van der Waals surface area contributed by atoms with Crippen LogP contribution in [0.1, 0.15) is 11.1 Å². The summed E-state index contributed by atoms with van der Waals surface area (Å²) in [6.45, 7) is -0.377. The van der Waals surface area contributed by atoms with E-state index in [9.17, 15) is 9.59 Å². The van der Waals surface area contributed by atoms with Gasteiger partial charge >= 0.3 is 5.97 Å². The topological polar surface area (TPSA) is 79.2 Å². The molecule has 28 heavy (non-hydrogen) atoms. The second-order valence-electron chi connectivity index (χ2n) is 6.14. The summed E-state index contributed by atoms with van der Waals surface area (Å²) >= 11 is 0. The molecular formula is C23H18N2O3. The highest BCUT2D eigenvalue weighted by atomic mass is 16.5. The van der Waals surface area contributed by atoms with Crippen molar-refractivity contribution in [3.63, 3.8) is 0 Å². The molecule has 3 aromatic carbocycles. The zero-order valence-electron chi connectivity index (χ0n) is 15.1.